The lowest BCUT2D eigenvalue weighted by molar-refractivity contribution is -0.389. The van der Waals surface area contributed by atoms with Crippen LogP contribution in [0.1, 0.15) is 102 Å². The molecule has 0 bridgehead atoms. The quantitative estimate of drug-likeness (QED) is 0.0152. The monoisotopic (exact) mass is 1380 g/mol. The third kappa shape index (κ3) is 15.8. The van der Waals surface area contributed by atoms with Gasteiger partial charge in [0, 0.05) is 23.8 Å². The molecule has 4 amide bonds. The molecule has 25 heteroatoms. The van der Waals surface area contributed by atoms with Gasteiger partial charge >= 0.3 is 11.9 Å². The maximum absolute atomic E-state index is 15.7. The molecule has 7 aromatic rings. The number of Topliss-reactive ketones (excluding diaryl/α,β-unsaturated/α-hetero) is 1. The normalized spacial score (nSPS) is 27.6. The van der Waals surface area contributed by atoms with Crippen molar-refractivity contribution in [3.63, 3.8) is 0 Å². The summed E-state index contributed by atoms with van der Waals surface area (Å²) in [6.45, 7) is 1.13. The SMILES string of the molecule is CC(=O)CCC(=O)O[C@H]1[C@H](O[C@H]2[C@H](OCc3ccccc3)[C@@H](N3C(=O)c4ccccc4C3=O)[C@H](O[C@H]3[C@H](OCc4ccccc4)[C@@H](N4C(=O)c5ccccc5C4=O)[C@H](N=[N+]=[N-])O[C@@H]3COCc3ccccc3)O[C@@H]2COCc2ccccc2)O[C@@H]2CO[C@@H](c3ccccc3)O[C@H]2[C@@H]1OC(C)=O. The fraction of sp³-hybridized carbons (Fsp3) is 0.355. The average Bonchev–Trinajstić information content (AvgIpc) is 1.68. The van der Waals surface area contributed by atoms with Crippen molar-refractivity contribution >= 4 is 41.4 Å². The Balaban J connectivity index is 0.972. The molecule has 0 aliphatic carbocycles. The summed E-state index contributed by atoms with van der Waals surface area (Å²) in [6, 6.07) is 54.5. The smallest absolute Gasteiger partial charge is 0.306 e. The summed E-state index contributed by atoms with van der Waals surface area (Å²) < 4.78 is 88.7. The Morgan fingerprint density at radius 2 is 0.911 bits per heavy atom. The fourth-order valence-electron chi connectivity index (χ4n) is 13.5. The highest BCUT2D eigenvalue weighted by molar-refractivity contribution is 6.22. The summed E-state index contributed by atoms with van der Waals surface area (Å²) in [5, 5.41) is 4.11. The predicted molar refractivity (Wildman–Crippen MR) is 354 cm³/mol. The molecular formula is C76H73N5O20. The number of ether oxygens (including phenoxy) is 13. The second kappa shape index (κ2) is 32.3. The van der Waals surface area contributed by atoms with Crippen molar-refractivity contribution in [2.75, 3.05) is 19.8 Å². The Kier molecular flexibility index (Phi) is 22.3. The second-order valence-corrected chi connectivity index (χ2v) is 25.0. The predicted octanol–water partition coefficient (Wildman–Crippen LogP) is 9.50. The van der Waals surface area contributed by atoms with E-state index in [1.807, 2.05) is 78.9 Å². The highest BCUT2D eigenvalue weighted by Crippen LogP contribution is 2.44. The van der Waals surface area contributed by atoms with Crippen LogP contribution in [0.3, 0.4) is 0 Å². The minimum Gasteiger partial charge on any atom is -0.455 e. The number of amides is 4. The number of carbonyl (C=O) groups is 7. The number of hydrogen-bond acceptors (Lipinski definition) is 21. The molecule has 4 fully saturated rings. The molecule has 13 rings (SSSR count). The van der Waals surface area contributed by atoms with Gasteiger partial charge in [-0.15, -0.1) is 0 Å². The van der Waals surface area contributed by atoms with Gasteiger partial charge in [0.15, 0.2) is 37.3 Å². The molecule has 7 aromatic carbocycles. The number of hydrogen-bond donors (Lipinski definition) is 0. The van der Waals surface area contributed by atoms with Gasteiger partial charge in [0.05, 0.1) is 74.9 Å². The molecule has 0 spiro atoms. The zero-order chi connectivity index (χ0) is 69.9. The first-order valence-electron chi connectivity index (χ1n) is 33.3. The number of esters is 2. The Morgan fingerprint density at radius 3 is 1.39 bits per heavy atom. The molecule has 0 N–H and O–H groups in total. The number of benzene rings is 7. The first-order valence-corrected chi connectivity index (χ1v) is 33.3. The summed E-state index contributed by atoms with van der Waals surface area (Å²) >= 11 is 0. The van der Waals surface area contributed by atoms with Gasteiger partial charge < -0.3 is 66.4 Å². The first-order chi connectivity index (χ1) is 49.3. The maximum Gasteiger partial charge on any atom is 0.306 e. The number of imide groups is 2. The van der Waals surface area contributed by atoms with E-state index in [9.17, 15) is 29.5 Å². The summed E-state index contributed by atoms with van der Waals surface area (Å²) in [6.07, 6.45) is -21.7. The fourth-order valence-corrected chi connectivity index (χ4v) is 13.5. The van der Waals surface area contributed by atoms with Crippen molar-refractivity contribution in [1.82, 2.24) is 9.80 Å². The molecule has 16 atom stereocenters. The number of rotatable bonds is 27. The molecule has 101 heavy (non-hydrogen) atoms. The number of nitrogens with zero attached hydrogens (tertiary/aromatic N) is 5. The van der Waals surface area contributed by atoms with Crippen LogP contribution in [-0.2, 0) is 102 Å². The van der Waals surface area contributed by atoms with Crippen LogP contribution in [0.2, 0.25) is 0 Å². The third-order valence-electron chi connectivity index (χ3n) is 18.2. The van der Waals surface area contributed by atoms with Crippen LogP contribution in [0, 0.1) is 0 Å². The lowest BCUT2D eigenvalue weighted by Gasteiger charge is -2.53. The van der Waals surface area contributed by atoms with Crippen LogP contribution < -0.4 is 0 Å². The standard InChI is InChI=1S/C76H73N5O20/c1-45(82)36-37-59(84)98-68-67(94-46(2)83)64-58(44-93-74(99-64)51-30-16-7-17-31-51)97-76(68)101-63-57(43-90-39-48-24-10-4-11-25-48)96-75(61(66(63)92-41-50-28-14-6-15-29-50)81-72(87)54-34-20-21-35-55(54)73(81)88)100-62-56(42-89-38-47-22-8-3-9-23-47)95-69(78-79-77)60(65(62)91-40-49-26-12-5-13-27-49)80-70(85)52-32-18-19-33-53(52)71(80)86/h3-35,56-58,60-69,74-76H,36-44H2,1-2H3/t56-,57-,58-,60-,61-,62-,63-,64-,65-,66-,67+,68-,69-,74-,75+,76+/m1/s1. The van der Waals surface area contributed by atoms with Gasteiger partial charge in [-0.3, -0.25) is 38.6 Å². The third-order valence-corrected chi connectivity index (χ3v) is 18.2. The van der Waals surface area contributed by atoms with E-state index in [4.69, 9.17) is 61.6 Å². The summed E-state index contributed by atoms with van der Waals surface area (Å²) in [7, 11) is 0. The van der Waals surface area contributed by atoms with E-state index in [0.29, 0.717) is 16.7 Å². The van der Waals surface area contributed by atoms with Crippen LogP contribution in [0.4, 0.5) is 0 Å². The molecule has 4 saturated heterocycles. The topological polar surface area (TPSA) is 295 Å². The Hall–Kier alpha value is -9.70. The lowest BCUT2D eigenvalue weighted by atomic mass is 9.92. The summed E-state index contributed by atoms with van der Waals surface area (Å²) in [4.78, 5) is 107. The summed E-state index contributed by atoms with van der Waals surface area (Å²) in [5.41, 5.74) is 13.9. The van der Waals surface area contributed by atoms with E-state index in [0.717, 1.165) is 20.9 Å². The van der Waals surface area contributed by atoms with E-state index < -0.39 is 147 Å². The molecular weight excluding hydrogens is 1300 g/mol. The van der Waals surface area contributed by atoms with Crippen LogP contribution >= 0.6 is 0 Å². The highest BCUT2D eigenvalue weighted by Gasteiger charge is 2.62. The zero-order valence-corrected chi connectivity index (χ0v) is 55.1. The van der Waals surface area contributed by atoms with Gasteiger partial charge in [0.2, 0.25) is 0 Å². The summed E-state index contributed by atoms with van der Waals surface area (Å²) in [5.74, 6) is -5.15. The Labute approximate surface area is 580 Å². The number of azide groups is 1. The first kappa shape index (κ1) is 69.8. The van der Waals surface area contributed by atoms with Gasteiger partial charge in [-0.2, -0.15) is 0 Å². The van der Waals surface area contributed by atoms with Gasteiger partial charge in [0.25, 0.3) is 23.6 Å². The van der Waals surface area contributed by atoms with Crippen molar-refractivity contribution in [2.24, 2.45) is 5.11 Å². The molecule has 0 saturated carbocycles. The van der Waals surface area contributed by atoms with E-state index in [-0.39, 0.29) is 74.1 Å². The molecule has 0 aromatic heterocycles. The second-order valence-electron chi connectivity index (χ2n) is 25.0. The van der Waals surface area contributed by atoms with Gasteiger partial charge in [-0.05, 0) is 59.0 Å². The number of carbonyl (C=O) groups excluding carboxylic acids is 7. The molecule has 6 heterocycles. The maximum atomic E-state index is 15.7. The average molecular weight is 1380 g/mol. The van der Waals surface area contributed by atoms with Crippen LogP contribution in [-0.4, -0.2) is 163 Å². The molecule has 25 nitrogen and oxygen atoms in total. The van der Waals surface area contributed by atoms with Crippen molar-refractivity contribution in [2.45, 2.75) is 151 Å². The number of fused-ring (bicyclic) bond motifs is 3. The van der Waals surface area contributed by atoms with E-state index in [2.05, 4.69) is 10.0 Å². The largest absolute Gasteiger partial charge is 0.455 e. The van der Waals surface area contributed by atoms with Crippen molar-refractivity contribution in [3.8, 4) is 0 Å². The minimum atomic E-state index is -1.89. The molecule has 6 aliphatic rings. The van der Waals surface area contributed by atoms with E-state index in [1.54, 1.807) is 97.1 Å². The van der Waals surface area contributed by atoms with Crippen LogP contribution in [0.25, 0.3) is 10.4 Å². The zero-order valence-electron chi connectivity index (χ0n) is 55.1. The highest BCUT2D eigenvalue weighted by atomic mass is 16.8. The van der Waals surface area contributed by atoms with E-state index >= 15 is 9.59 Å². The van der Waals surface area contributed by atoms with Gasteiger partial charge in [-0.1, -0.05) is 181 Å². The Bertz CT molecular complexity index is 4050. The van der Waals surface area contributed by atoms with Crippen molar-refractivity contribution in [1.29, 1.82) is 0 Å². The van der Waals surface area contributed by atoms with Crippen LogP contribution in [0.15, 0.2) is 205 Å². The van der Waals surface area contributed by atoms with E-state index in [1.165, 1.54) is 38.1 Å². The number of ketones is 1. The molecule has 0 radical (unpaired) electrons. The van der Waals surface area contributed by atoms with Gasteiger partial charge in [0.1, 0.15) is 66.7 Å². The van der Waals surface area contributed by atoms with Gasteiger partial charge in [-0.25, -0.2) is 0 Å². The molecule has 6 aliphatic heterocycles. The molecule has 522 valence electrons. The minimum absolute atomic E-state index is 0.0125. The van der Waals surface area contributed by atoms with Crippen LogP contribution in [0.5, 0.6) is 0 Å². The van der Waals surface area contributed by atoms with Crippen molar-refractivity contribution < 1.29 is 95.1 Å². The molecule has 0 unspecified atom stereocenters. The Morgan fingerprint density at radius 1 is 0.475 bits per heavy atom. The van der Waals surface area contributed by atoms with Crippen molar-refractivity contribution in [3.05, 3.63) is 261 Å². The lowest BCUT2D eigenvalue weighted by Crippen LogP contribution is -2.71.